The Hall–Kier alpha value is -0.910. The van der Waals surface area contributed by atoms with E-state index in [2.05, 4.69) is 26.3 Å². The fourth-order valence-corrected chi connectivity index (χ4v) is 2.61. The van der Waals surface area contributed by atoms with E-state index in [-0.39, 0.29) is 11.1 Å². The predicted octanol–water partition coefficient (Wildman–Crippen LogP) is 3.59. The van der Waals surface area contributed by atoms with Gasteiger partial charge in [-0.2, -0.15) is 5.10 Å². The smallest absolute Gasteiger partial charge is 0.148 e. The van der Waals surface area contributed by atoms with Crippen LogP contribution in [-0.4, -0.2) is 16.8 Å². The zero-order valence-electron chi connectivity index (χ0n) is 10.8. The van der Waals surface area contributed by atoms with E-state index in [9.17, 15) is 4.39 Å². The monoisotopic (exact) mass is 345 g/mol. The molecule has 19 heavy (non-hydrogen) atoms. The number of benzene rings is 1. The van der Waals surface area contributed by atoms with Crippen molar-refractivity contribution in [3.8, 4) is 0 Å². The molecule has 1 aromatic heterocycles. The summed E-state index contributed by atoms with van der Waals surface area (Å²) in [5.74, 6) is -0.422. The maximum Gasteiger partial charge on any atom is 0.148 e. The van der Waals surface area contributed by atoms with Gasteiger partial charge in [0.25, 0.3) is 0 Å². The van der Waals surface area contributed by atoms with Crippen LogP contribution in [0.5, 0.6) is 0 Å². The number of nitrogens with one attached hydrogen (secondary N) is 1. The summed E-state index contributed by atoms with van der Waals surface area (Å²) in [4.78, 5) is 0. The molecular weight excluding hydrogens is 333 g/mol. The maximum atomic E-state index is 14.3. The number of aryl methyl sites for hydroxylation is 2. The molecule has 6 heteroatoms. The lowest BCUT2D eigenvalue weighted by molar-refractivity contribution is 0.551. The van der Waals surface area contributed by atoms with Crippen LogP contribution in [0.25, 0.3) is 0 Å². The first kappa shape index (κ1) is 14.5. The highest BCUT2D eigenvalue weighted by molar-refractivity contribution is 9.10. The highest BCUT2D eigenvalue weighted by atomic mass is 79.9. The van der Waals surface area contributed by atoms with E-state index in [1.807, 2.05) is 20.0 Å². The fourth-order valence-electron chi connectivity index (χ4n) is 2.13. The summed E-state index contributed by atoms with van der Waals surface area (Å²) < 4.78 is 16.6. The van der Waals surface area contributed by atoms with Crippen molar-refractivity contribution < 1.29 is 4.39 Å². The predicted molar refractivity (Wildman–Crippen MR) is 78.0 cm³/mol. The third-order valence-electron chi connectivity index (χ3n) is 3.00. The molecule has 0 aliphatic rings. The molecule has 1 N–H and O–H groups in total. The van der Waals surface area contributed by atoms with Gasteiger partial charge in [-0.3, -0.25) is 4.68 Å². The van der Waals surface area contributed by atoms with Crippen molar-refractivity contribution in [3.05, 3.63) is 50.5 Å². The number of nitrogens with zero attached hydrogens (tertiary/aromatic N) is 2. The Bertz CT molecular complexity index is 612. The largest absolute Gasteiger partial charge is 0.308 e. The SMILES string of the molecule is CNC(c1ccc(Br)c(Cl)c1F)c1cc(C)nn1C. The molecule has 2 rings (SSSR count). The molecule has 0 aliphatic heterocycles. The Morgan fingerprint density at radius 2 is 2.16 bits per heavy atom. The van der Waals surface area contributed by atoms with E-state index in [0.29, 0.717) is 10.0 Å². The Balaban J connectivity index is 2.54. The number of rotatable bonds is 3. The fraction of sp³-hybridized carbons (Fsp3) is 0.308. The number of hydrogen-bond acceptors (Lipinski definition) is 2. The maximum absolute atomic E-state index is 14.3. The first-order valence-electron chi connectivity index (χ1n) is 5.77. The summed E-state index contributed by atoms with van der Waals surface area (Å²) in [6.07, 6.45) is 0. The van der Waals surface area contributed by atoms with Crippen molar-refractivity contribution >= 4 is 27.5 Å². The van der Waals surface area contributed by atoms with Crippen LogP contribution in [0.15, 0.2) is 22.7 Å². The van der Waals surface area contributed by atoms with E-state index < -0.39 is 5.82 Å². The van der Waals surface area contributed by atoms with Crippen LogP contribution in [0.3, 0.4) is 0 Å². The quantitative estimate of drug-likeness (QED) is 0.861. The Morgan fingerprint density at radius 1 is 1.47 bits per heavy atom. The van der Waals surface area contributed by atoms with E-state index >= 15 is 0 Å². The standard InChI is InChI=1S/C13H14BrClFN3/c1-7-6-10(19(3)18-7)13(17-2)8-4-5-9(14)11(15)12(8)16/h4-6,13,17H,1-3H3. The molecule has 2 aromatic rings. The lowest BCUT2D eigenvalue weighted by atomic mass is 10.0. The lowest BCUT2D eigenvalue weighted by Crippen LogP contribution is -2.21. The van der Waals surface area contributed by atoms with E-state index in [1.165, 1.54) is 0 Å². The van der Waals surface area contributed by atoms with Crippen LogP contribution in [0.1, 0.15) is 23.0 Å². The van der Waals surface area contributed by atoms with Crippen LogP contribution in [-0.2, 0) is 7.05 Å². The van der Waals surface area contributed by atoms with Gasteiger partial charge < -0.3 is 5.32 Å². The normalized spacial score (nSPS) is 12.7. The minimum Gasteiger partial charge on any atom is -0.308 e. The van der Waals surface area contributed by atoms with Crippen molar-refractivity contribution in [2.75, 3.05) is 7.05 Å². The minimum atomic E-state index is -0.422. The molecule has 3 nitrogen and oxygen atoms in total. The van der Waals surface area contributed by atoms with E-state index in [1.54, 1.807) is 23.9 Å². The van der Waals surface area contributed by atoms with Gasteiger partial charge in [0.2, 0.25) is 0 Å². The molecule has 102 valence electrons. The molecular formula is C13H14BrClFN3. The van der Waals surface area contributed by atoms with Gasteiger partial charge >= 0.3 is 0 Å². The van der Waals surface area contributed by atoms with Crippen LogP contribution in [0, 0.1) is 12.7 Å². The van der Waals surface area contributed by atoms with E-state index in [0.717, 1.165) is 11.4 Å². The number of hydrogen-bond donors (Lipinski definition) is 1. The molecule has 0 saturated carbocycles. The summed E-state index contributed by atoms with van der Waals surface area (Å²) >= 11 is 9.16. The molecule has 0 radical (unpaired) electrons. The molecule has 1 aromatic carbocycles. The summed E-state index contributed by atoms with van der Waals surface area (Å²) in [6, 6.07) is 5.09. The van der Waals surface area contributed by atoms with Crippen molar-refractivity contribution in [1.29, 1.82) is 0 Å². The molecule has 0 aliphatic carbocycles. The highest BCUT2D eigenvalue weighted by Crippen LogP contribution is 2.32. The summed E-state index contributed by atoms with van der Waals surface area (Å²) in [5, 5.41) is 7.48. The minimum absolute atomic E-state index is 0.0941. The van der Waals surface area contributed by atoms with Gasteiger partial charge in [-0.25, -0.2) is 4.39 Å². The van der Waals surface area contributed by atoms with Gasteiger partial charge in [0.15, 0.2) is 0 Å². The van der Waals surface area contributed by atoms with Crippen molar-refractivity contribution in [1.82, 2.24) is 15.1 Å². The number of aromatic nitrogens is 2. The van der Waals surface area contributed by atoms with Crippen LogP contribution in [0.4, 0.5) is 4.39 Å². The highest BCUT2D eigenvalue weighted by Gasteiger charge is 2.22. The molecule has 0 bridgehead atoms. The molecule has 1 heterocycles. The average molecular weight is 347 g/mol. The van der Waals surface area contributed by atoms with Crippen LogP contribution >= 0.6 is 27.5 Å². The topological polar surface area (TPSA) is 29.9 Å². The van der Waals surface area contributed by atoms with Gasteiger partial charge in [0.05, 0.1) is 22.5 Å². The van der Waals surface area contributed by atoms with Crippen molar-refractivity contribution in [2.45, 2.75) is 13.0 Å². The zero-order chi connectivity index (χ0) is 14.2. The van der Waals surface area contributed by atoms with Gasteiger partial charge in [-0.1, -0.05) is 17.7 Å². The first-order valence-corrected chi connectivity index (χ1v) is 6.94. The van der Waals surface area contributed by atoms with Crippen molar-refractivity contribution in [3.63, 3.8) is 0 Å². The van der Waals surface area contributed by atoms with E-state index in [4.69, 9.17) is 11.6 Å². The molecule has 0 saturated heterocycles. The van der Waals surface area contributed by atoms with Crippen LogP contribution < -0.4 is 5.32 Å². The molecule has 0 spiro atoms. The second kappa shape index (κ2) is 5.61. The van der Waals surface area contributed by atoms with Gasteiger partial charge in [0.1, 0.15) is 5.82 Å². The molecule has 1 atom stereocenters. The number of halogens is 3. The Labute approximate surface area is 124 Å². The second-order valence-corrected chi connectivity index (χ2v) is 5.55. The zero-order valence-corrected chi connectivity index (χ0v) is 13.2. The average Bonchev–Trinajstić information content (AvgIpc) is 2.69. The molecule has 1 unspecified atom stereocenters. The summed E-state index contributed by atoms with van der Waals surface area (Å²) in [7, 11) is 3.62. The van der Waals surface area contributed by atoms with Gasteiger partial charge in [-0.05, 0) is 42.0 Å². The second-order valence-electron chi connectivity index (χ2n) is 4.32. The molecule has 0 fully saturated rings. The Morgan fingerprint density at radius 3 is 2.68 bits per heavy atom. The van der Waals surface area contributed by atoms with Gasteiger partial charge in [-0.15, -0.1) is 0 Å². The lowest BCUT2D eigenvalue weighted by Gasteiger charge is -2.18. The summed E-state index contributed by atoms with van der Waals surface area (Å²) in [6.45, 7) is 1.90. The summed E-state index contributed by atoms with van der Waals surface area (Å²) in [5.41, 5.74) is 2.28. The van der Waals surface area contributed by atoms with Crippen molar-refractivity contribution in [2.24, 2.45) is 7.05 Å². The van der Waals surface area contributed by atoms with Gasteiger partial charge in [0, 0.05) is 17.1 Å². The third-order valence-corrected chi connectivity index (χ3v) is 4.26. The molecule has 0 amide bonds. The third kappa shape index (κ3) is 2.68. The van der Waals surface area contributed by atoms with Crippen LogP contribution in [0.2, 0.25) is 5.02 Å². The first-order chi connectivity index (χ1) is 8.95. The Kier molecular flexibility index (Phi) is 4.28.